The van der Waals surface area contributed by atoms with Crippen molar-refractivity contribution >= 4 is 35.1 Å². The summed E-state index contributed by atoms with van der Waals surface area (Å²) < 4.78 is 0. The summed E-state index contributed by atoms with van der Waals surface area (Å²) in [6, 6.07) is 13.0. The van der Waals surface area contributed by atoms with Crippen LogP contribution in [-0.2, 0) is 4.79 Å². The lowest BCUT2D eigenvalue weighted by Crippen LogP contribution is -2.00. The molecule has 0 saturated heterocycles. The standard InChI is InChI=1S/C16H13NO4S/c1-22-14-8-2-11(3-9-14)10-15(16(18)19)12-4-6-13(7-5-12)17(20)21/h2-10H,1H3,(H,18,19). The third-order valence-corrected chi connectivity index (χ3v) is 3.79. The van der Waals surface area contributed by atoms with Gasteiger partial charge in [-0.3, -0.25) is 10.1 Å². The Morgan fingerprint density at radius 3 is 2.18 bits per heavy atom. The number of nitro benzene ring substituents is 1. The van der Waals surface area contributed by atoms with Crippen molar-refractivity contribution in [3.63, 3.8) is 0 Å². The van der Waals surface area contributed by atoms with Crippen LogP contribution in [0.4, 0.5) is 5.69 Å². The van der Waals surface area contributed by atoms with E-state index in [0.29, 0.717) is 5.56 Å². The molecule has 0 bridgehead atoms. The Morgan fingerprint density at radius 2 is 1.73 bits per heavy atom. The van der Waals surface area contributed by atoms with Gasteiger partial charge in [-0.1, -0.05) is 12.1 Å². The molecule has 0 aliphatic carbocycles. The molecule has 0 heterocycles. The van der Waals surface area contributed by atoms with Gasteiger partial charge < -0.3 is 5.11 Å². The smallest absolute Gasteiger partial charge is 0.336 e. The first-order valence-electron chi connectivity index (χ1n) is 6.35. The highest BCUT2D eigenvalue weighted by atomic mass is 32.2. The molecular weight excluding hydrogens is 302 g/mol. The highest BCUT2D eigenvalue weighted by Crippen LogP contribution is 2.23. The third-order valence-electron chi connectivity index (χ3n) is 3.05. The van der Waals surface area contributed by atoms with E-state index < -0.39 is 10.9 Å². The second-order valence-electron chi connectivity index (χ2n) is 4.44. The summed E-state index contributed by atoms with van der Waals surface area (Å²) >= 11 is 1.60. The zero-order valence-electron chi connectivity index (χ0n) is 11.7. The maximum Gasteiger partial charge on any atom is 0.336 e. The number of thioether (sulfide) groups is 1. The van der Waals surface area contributed by atoms with Gasteiger partial charge in [-0.25, -0.2) is 4.79 Å². The molecule has 5 nitrogen and oxygen atoms in total. The quantitative estimate of drug-likeness (QED) is 0.297. The summed E-state index contributed by atoms with van der Waals surface area (Å²) in [4.78, 5) is 22.6. The van der Waals surface area contributed by atoms with Crippen molar-refractivity contribution in [2.24, 2.45) is 0 Å². The van der Waals surface area contributed by atoms with Crippen LogP contribution in [0.5, 0.6) is 0 Å². The first-order chi connectivity index (χ1) is 10.5. The van der Waals surface area contributed by atoms with E-state index in [9.17, 15) is 20.0 Å². The van der Waals surface area contributed by atoms with Gasteiger partial charge in [0.15, 0.2) is 0 Å². The molecule has 22 heavy (non-hydrogen) atoms. The average molecular weight is 315 g/mol. The van der Waals surface area contributed by atoms with Crippen molar-refractivity contribution in [2.75, 3.05) is 6.26 Å². The van der Waals surface area contributed by atoms with Crippen molar-refractivity contribution in [3.05, 3.63) is 69.8 Å². The molecule has 0 spiro atoms. The van der Waals surface area contributed by atoms with Crippen LogP contribution >= 0.6 is 11.8 Å². The van der Waals surface area contributed by atoms with Gasteiger partial charge in [0.1, 0.15) is 0 Å². The highest BCUT2D eigenvalue weighted by molar-refractivity contribution is 7.98. The Hall–Kier alpha value is -2.60. The fourth-order valence-electron chi connectivity index (χ4n) is 1.90. The van der Waals surface area contributed by atoms with Crippen molar-refractivity contribution in [1.29, 1.82) is 0 Å². The van der Waals surface area contributed by atoms with Crippen molar-refractivity contribution in [3.8, 4) is 0 Å². The van der Waals surface area contributed by atoms with E-state index in [4.69, 9.17) is 0 Å². The molecule has 0 atom stereocenters. The summed E-state index contributed by atoms with van der Waals surface area (Å²) in [5.74, 6) is -1.08. The van der Waals surface area contributed by atoms with E-state index in [1.807, 2.05) is 30.5 Å². The predicted octanol–water partition coefficient (Wildman–Crippen LogP) is 3.94. The Balaban J connectivity index is 2.38. The molecule has 0 aliphatic rings. The number of non-ortho nitro benzene ring substituents is 1. The molecule has 0 amide bonds. The zero-order valence-corrected chi connectivity index (χ0v) is 12.5. The molecule has 0 aliphatic heterocycles. The molecule has 0 radical (unpaired) electrons. The van der Waals surface area contributed by atoms with Crippen molar-refractivity contribution in [2.45, 2.75) is 4.90 Å². The minimum absolute atomic E-state index is 0.0715. The van der Waals surface area contributed by atoms with E-state index in [1.165, 1.54) is 24.3 Å². The van der Waals surface area contributed by atoms with E-state index in [0.717, 1.165) is 10.5 Å². The fourth-order valence-corrected chi connectivity index (χ4v) is 2.31. The number of hydrogen-bond donors (Lipinski definition) is 1. The summed E-state index contributed by atoms with van der Waals surface area (Å²) in [6.07, 6.45) is 3.51. The summed E-state index contributed by atoms with van der Waals surface area (Å²) in [7, 11) is 0. The second-order valence-corrected chi connectivity index (χ2v) is 5.32. The molecule has 0 unspecified atom stereocenters. The molecule has 0 fully saturated rings. The number of rotatable bonds is 5. The average Bonchev–Trinajstić information content (AvgIpc) is 2.53. The minimum Gasteiger partial charge on any atom is -0.478 e. The number of benzene rings is 2. The van der Waals surface area contributed by atoms with Crippen LogP contribution in [0.15, 0.2) is 53.4 Å². The minimum atomic E-state index is -1.08. The largest absolute Gasteiger partial charge is 0.478 e. The van der Waals surface area contributed by atoms with Crippen LogP contribution < -0.4 is 0 Å². The van der Waals surface area contributed by atoms with Gasteiger partial charge in [-0.15, -0.1) is 11.8 Å². The summed E-state index contributed by atoms with van der Waals surface area (Å²) in [5, 5.41) is 20.0. The molecule has 2 aromatic carbocycles. The van der Waals surface area contributed by atoms with E-state index in [-0.39, 0.29) is 11.3 Å². The topological polar surface area (TPSA) is 80.4 Å². The molecule has 2 rings (SSSR count). The number of carbonyl (C=O) groups is 1. The van der Waals surface area contributed by atoms with Crippen LogP contribution in [0.3, 0.4) is 0 Å². The summed E-state index contributed by atoms with van der Waals surface area (Å²) in [6.45, 7) is 0. The van der Waals surface area contributed by atoms with Gasteiger partial charge in [0.2, 0.25) is 0 Å². The SMILES string of the molecule is CSc1ccc(C=C(C(=O)O)c2ccc([N+](=O)[O-])cc2)cc1. The van der Waals surface area contributed by atoms with Crippen LogP contribution in [0, 0.1) is 10.1 Å². The third kappa shape index (κ3) is 3.73. The first kappa shape index (κ1) is 15.8. The predicted molar refractivity (Wildman–Crippen MR) is 86.8 cm³/mol. The highest BCUT2D eigenvalue weighted by Gasteiger charge is 2.12. The molecule has 0 saturated carbocycles. The van der Waals surface area contributed by atoms with Crippen LogP contribution in [0.1, 0.15) is 11.1 Å². The number of hydrogen-bond acceptors (Lipinski definition) is 4. The van der Waals surface area contributed by atoms with Crippen LogP contribution in [-0.4, -0.2) is 22.3 Å². The Bertz CT molecular complexity index is 721. The Labute approximate surface area is 131 Å². The van der Waals surface area contributed by atoms with E-state index in [1.54, 1.807) is 17.8 Å². The monoisotopic (exact) mass is 315 g/mol. The van der Waals surface area contributed by atoms with E-state index in [2.05, 4.69) is 0 Å². The maximum absolute atomic E-state index is 11.4. The second kappa shape index (κ2) is 6.91. The molecule has 6 heteroatoms. The lowest BCUT2D eigenvalue weighted by atomic mass is 10.0. The Morgan fingerprint density at radius 1 is 1.14 bits per heavy atom. The number of carboxylic acid groups (broad SMARTS) is 1. The van der Waals surface area contributed by atoms with E-state index >= 15 is 0 Å². The Kier molecular flexibility index (Phi) is 4.95. The lowest BCUT2D eigenvalue weighted by Gasteiger charge is -2.04. The molecule has 2 aromatic rings. The van der Waals surface area contributed by atoms with Gasteiger partial charge >= 0.3 is 5.97 Å². The van der Waals surface area contributed by atoms with Crippen LogP contribution in [0.2, 0.25) is 0 Å². The van der Waals surface area contributed by atoms with Gasteiger partial charge in [0.25, 0.3) is 5.69 Å². The fraction of sp³-hybridized carbons (Fsp3) is 0.0625. The van der Waals surface area contributed by atoms with Gasteiger partial charge in [0, 0.05) is 17.0 Å². The van der Waals surface area contributed by atoms with Crippen molar-refractivity contribution < 1.29 is 14.8 Å². The van der Waals surface area contributed by atoms with Gasteiger partial charge in [-0.2, -0.15) is 0 Å². The number of aliphatic carboxylic acids is 1. The van der Waals surface area contributed by atoms with Crippen LogP contribution in [0.25, 0.3) is 11.6 Å². The lowest BCUT2D eigenvalue weighted by molar-refractivity contribution is -0.384. The zero-order chi connectivity index (χ0) is 16.1. The molecule has 1 N–H and O–H groups in total. The summed E-state index contributed by atoms with van der Waals surface area (Å²) in [5.41, 5.74) is 1.20. The number of nitro groups is 1. The maximum atomic E-state index is 11.4. The number of carboxylic acids is 1. The van der Waals surface area contributed by atoms with Crippen molar-refractivity contribution in [1.82, 2.24) is 0 Å². The molecule has 0 aromatic heterocycles. The molecular formula is C16H13NO4S. The number of nitrogens with zero attached hydrogens (tertiary/aromatic N) is 1. The van der Waals surface area contributed by atoms with Gasteiger partial charge in [-0.05, 0) is 47.7 Å². The molecule has 112 valence electrons. The normalized spacial score (nSPS) is 11.2. The first-order valence-corrected chi connectivity index (χ1v) is 7.57. The van der Waals surface area contributed by atoms with Gasteiger partial charge in [0.05, 0.1) is 10.5 Å².